The maximum Gasteiger partial charge on any atom is 0.237 e. The van der Waals surface area contributed by atoms with Crippen molar-refractivity contribution in [2.75, 3.05) is 30.8 Å². The minimum atomic E-state index is -0.894. The Hall–Kier alpha value is -2.66. The Labute approximate surface area is 139 Å². The predicted molar refractivity (Wildman–Crippen MR) is 91.0 cm³/mol. The SMILES string of the molecule is CN1C[C@]2(C(=O)Nc3ccccc32)[C@]2(C1)C(=O)Nc1ccccc12. The predicted octanol–water partition coefficient (Wildman–Crippen LogP) is 1.71. The molecule has 0 aromatic heterocycles. The van der Waals surface area contributed by atoms with Crippen LogP contribution >= 0.6 is 0 Å². The van der Waals surface area contributed by atoms with Gasteiger partial charge < -0.3 is 15.5 Å². The van der Waals surface area contributed by atoms with Crippen molar-refractivity contribution in [2.45, 2.75) is 10.8 Å². The number of para-hydroxylation sites is 2. The van der Waals surface area contributed by atoms with Gasteiger partial charge in [-0.25, -0.2) is 0 Å². The first-order valence-electron chi connectivity index (χ1n) is 8.10. The summed E-state index contributed by atoms with van der Waals surface area (Å²) in [4.78, 5) is 28.5. The molecule has 2 N–H and O–H groups in total. The molecule has 5 nitrogen and oxygen atoms in total. The third-order valence-electron chi connectivity index (χ3n) is 5.79. The van der Waals surface area contributed by atoms with Crippen LogP contribution in [0.1, 0.15) is 11.1 Å². The van der Waals surface area contributed by atoms with E-state index in [-0.39, 0.29) is 11.8 Å². The second-order valence-electron chi connectivity index (χ2n) is 6.98. The minimum Gasteiger partial charge on any atom is -0.325 e. The molecule has 3 aliphatic rings. The maximum atomic E-state index is 13.2. The molecule has 2 atom stereocenters. The average molecular weight is 319 g/mol. The van der Waals surface area contributed by atoms with Crippen LogP contribution in [0.5, 0.6) is 0 Å². The number of carbonyl (C=O) groups is 2. The molecule has 24 heavy (non-hydrogen) atoms. The first kappa shape index (κ1) is 13.7. The van der Waals surface area contributed by atoms with Crippen LogP contribution < -0.4 is 10.6 Å². The number of hydrogen-bond acceptors (Lipinski definition) is 3. The van der Waals surface area contributed by atoms with Crippen molar-refractivity contribution < 1.29 is 9.59 Å². The lowest BCUT2D eigenvalue weighted by molar-refractivity contribution is -0.130. The fraction of sp³-hybridized carbons (Fsp3) is 0.263. The third kappa shape index (κ3) is 1.31. The topological polar surface area (TPSA) is 61.4 Å². The van der Waals surface area contributed by atoms with E-state index in [2.05, 4.69) is 15.5 Å². The Morgan fingerprint density at radius 2 is 1.21 bits per heavy atom. The lowest BCUT2D eigenvalue weighted by Gasteiger charge is -2.36. The zero-order chi connectivity index (χ0) is 16.5. The number of anilines is 2. The van der Waals surface area contributed by atoms with Gasteiger partial charge in [0.2, 0.25) is 11.8 Å². The molecular weight excluding hydrogens is 302 g/mol. The van der Waals surface area contributed by atoms with E-state index in [9.17, 15) is 9.59 Å². The van der Waals surface area contributed by atoms with Gasteiger partial charge in [-0.05, 0) is 30.3 Å². The first-order valence-corrected chi connectivity index (χ1v) is 8.10. The number of fused-ring (bicyclic) bond motifs is 5. The molecule has 3 aliphatic heterocycles. The molecule has 1 fully saturated rings. The van der Waals surface area contributed by atoms with E-state index in [1.165, 1.54) is 0 Å². The highest BCUT2D eigenvalue weighted by Gasteiger charge is 2.71. The Balaban J connectivity index is 1.87. The number of benzene rings is 2. The van der Waals surface area contributed by atoms with Gasteiger partial charge in [0.1, 0.15) is 10.8 Å². The number of nitrogens with zero attached hydrogens (tertiary/aromatic N) is 1. The lowest BCUT2D eigenvalue weighted by atomic mass is 9.59. The van der Waals surface area contributed by atoms with Crippen LogP contribution in [-0.4, -0.2) is 36.9 Å². The second kappa shape index (κ2) is 4.24. The van der Waals surface area contributed by atoms with E-state index in [1.807, 2.05) is 55.6 Å². The molecule has 0 aliphatic carbocycles. The summed E-state index contributed by atoms with van der Waals surface area (Å²) in [6.07, 6.45) is 0. The molecule has 120 valence electrons. The van der Waals surface area contributed by atoms with Crippen LogP contribution in [0.4, 0.5) is 11.4 Å². The molecule has 5 heteroatoms. The van der Waals surface area contributed by atoms with Gasteiger partial charge in [0.25, 0.3) is 0 Å². The maximum absolute atomic E-state index is 13.2. The summed E-state index contributed by atoms with van der Waals surface area (Å²) in [5.41, 5.74) is 1.69. The number of amides is 2. The summed E-state index contributed by atoms with van der Waals surface area (Å²) in [6, 6.07) is 15.5. The highest BCUT2D eigenvalue weighted by Crippen LogP contribution is 2.58. The molecule has 2 amide bonds. The van der Waals surface area contributed by atoms with Crippen molar-refractivity contribution in [3.05, 3.63) is 59.7 Å². The van der Waals surface area contributed by atoms with Gasteiger partial charge in [-0.2, -0.15) is 0 Å². The average Bonchev–Trinajstić information content (AvgIpc) is 3.15. The van der Waals surface area contributed by atoms with Gasteiger partial charge >= 0.3 is 0 Å². The van der Waals surface area contributed by atoms with Crippen LogP contribution in [0.15, 0.2) is 48.5 Å². The summed E-state index contributed by atoms with van der Waals surface area (Å²) >= 11 is 0. The van der Waals surface area contributed by atoms with Crippen LogP contribution in [-0.2, 0) is 20.4 Å². The molecular formula is C19H17N3O2. The molecule has 2 aromatic carbocycles. The normalized spacial score (nSPS) is 30.5. The van der Waals surface area contributed by atoms with Gasteiger partial charge in [-0.1, -0.05) is 36.4 Å². The molecule has 3 heterocycles. The van der Waals surface area contributed by atoms with Crippen molar-refractivity contribution >= 4 is 23.2 Å². The monoisotopic (exact) mass is 319 g/mol. The van der Waals surface area contributed by atoms with Gasteiger partial charge in [-0.3, -0.25) is 9.59 Å². The van der Waals surface area contributed by atoms with Crippen molar-refractivity contribution in [2.24, 2.45) is 0 Å². The number of likely N-dealkylation sites (N-methyl/N-ethyl adjacent to an activating group) is 1. The van der Waals surface area contributed by atoms with Gasteiger partial charge in [0.15, 0.2) is 0 Å². The van der Waals surface area contributed by atoms with E-state index in [1.54, 1.807) is 0 Å². The van der Waals surface area contributed by atoms with Crippen LogP contribution in [0, 0.1) is 0 Å². The molecule has 0 saturated carbocycles. The summed E-state index contributed by atoms with van der Waals surface area (Å²) in [5.74, 6) is -0.167. The summed E-state index contributed by atoms with van der Waals surface area (Å²) < 4.78 is 0. The summed E-state index contributed by atoms with van der Waals surface area (Å²) in [7, 11) is 1.97. The number of likely N-dealkylation sites (tertiary alicyclic amines) is 1. The van der Waals surface area contributed by atoms with Gasteiger partial charge in [0, 0.05) is 24.5 Å². The smallest absolute Gasteiger partial charge is 0.237 e. The zero-order valence-electron chi connectivity index (χ0n) is 13.3. The third-order valence-corrected chi connectivity index (χ3v) is 5.79. The first-order chi connectivity index (χ1) is 11.6. The molecule has 2 spiro atoms. The number of rotatable bonds is 0. The Bertz CT molecular complexity index is 835. The van der Waals surface area contributed by atoms with Gasteiger partial charge in [-0.15, -0.1) is 0 Å². The molecule has 1 saturated heterocycles. The lowest BCUT2D eigenvalue weighted by Crippen LogP contribution is -2.56. The van der Waals surface area contributed by atoms with Crippen LogP contribution in [0.2, 0.25) is 0 Å². The van der Waals surface area contributed by atoms with E-state index in [4.69, 9.17) is 0 Å². The molecule has 0 bridgehead atoms. The van der Waals surface area contributed by atoms with E-state index < -0.39 is 10.8 Å². The molecule has 0 unspecified atom stereocenters. The quantitative estimate of drug-likeness (QED) is 0.777. The molecule has 0 radical (unpaired) electrons. The fourth-order valence-electron chi connectivity index (χ4n) is 4.93. The molecule has 2 aromatic rings. The number of nitrogens with one attached hydrogen (secondary N) is 2. The molecule has 5 rings (SSSR count). The van der Waals surface area contributed by atoms with E-state index in [0.717, 1.165) is 22.5 Å². The zero-order valence-corrected chi connectivity index (χ0v) is 13.3. The summed E-state index contributed by atoms with van der Waals surface area (Å²) in [6.45, 7) is 1.05. The summed E-state index contributed by atoms with van der Waals surface area (Å²) in [5, 5.41) is 6.02. The Kier molecular flexibility index (Phi) is 2.43. The minimum absolute atomic E-state index is 0.0834. The highest BCUT2D eigenvalue weighted by atomic mass is 16.2. The van der Waals surface area contributed by atoms with E-state index in [0.29, 0.717) is 13.1 Å². The Morgan fingerprint density at radius 1 is 0.792 bits per heavy atom. The van der Waals surface area contributed by atoms with Gasteiger partial charge in [0.05, 0.1) is 0 Å². The van der Waals surface area contributed by atoms with E-state index >= 15 is 0 Å². The number of hydrogen-bond donors (Lipinski definition) is 2. The standard InChI is InChI=1S/C19H17N3O2/c1-22-10-18(12-6-2-4-8-14(12)20-16(18)23)19(11-22)13-7-3-5-9-15(13)21-17(19)24/h2-9H,10-11H2,1H3,(H,20,23)(H,21,24)/t18-,19-/m0/s1. The van der Waals surface area contributed by atoms with Crippen molar-refractivity contribution in [1.29, 1.82) is 0 Å². The van der Waals surface area contributed by atoms with Crippen LogP contribution in [0.3, 0.4) is 0 Å². The van der Waals surface area contributed by atoms with Crippen molar-refractivity contribution in [3.63, 3.8) is 0 Å². The largest absolute Gasteiger partial charge is 0.325 e. The highest BCUT2D eigenvalue weighted by molar-refractivity contribution is 6.18. The Morgan fingerprint density at radius 3 is 1.67 bits per heavy atom. The van der Waals surface area contributed by atoms with Crippen molar-refractivity contribution in [3.8, 4) is 0 Å². The second-order valence-corrected chi connectivity index (χ2v) is 6.98. The van der Waals surface area contributed by atoms with Crippen LogP contribution in [0.25, 0.3) is 0 Å². The fourth-order valence-corrected chi connectivity index (χ4v) is 4.93. The number of carbonyl (C=O) groups excluding carboxylic acids is 2. The van der Waals surface area contributed by atoms with Crippen molar-refractivity contribution in [1.82, 2.24) is 4.90 Å².